The number of quaternary nitrogens is 1. The number of piperidine rings is 1. The van der Waals surface area contributed by atoms with Gasteiger partial charge in [0.2, 0.25) is 0 Å². The normalized spacial score (nSPS) is 35.5. The molecule has 1 aliphatic heterocycles. The summed E-state index contributed by atoms with van der Waals surface area (Å²) < 4.78 is 6.04. The summed E-state index contributed by atoms with van der Waals surface area (Å²) in [5.41, 5.74) is 0.164. The van der Waals surface area contributed by atoms with Crippen LogP contribution < -0.4 is 16.3 Å². The summed E-state index contributed by atoms with van der Waals surface area (Å²) in [7, 11) is 0. The molecule has 0 radical (unpaired) electrons. The Morgan fingerprint density at radius 1 is 1.32 bits per heavy atom. The quantitative estimate of drug-likeness (QED) is 0.486. The van der Waals surface area contributed by atoms with Gasteiger partial charge in [-0.3, -0.25) is 5.17 Å². The van der Waals surface area contributed by atoms with Crippen molar-refractivity contribution in [3.05, 3.63) is 29.1 Å². The Morgan fingerprint density at radius 2 is 2.03 bits per heavy atom. The number of hydrogen-bond donors (Lipinski definition) is 3. The number of nitrogens with zero attached hydrogens (tertiary/aromatic N) is 3. The molecule has 9 nitrogen and oxygen atoms in total. The molecule has 0 aromatic carbocycles. The van der Waals surface area contributed by atoms with Crippen LogP contribution in [0.5, 0.6) is 0 Å². The van der Waals surface area contributed by atoms with Gasteiger partial charge in [-0.05, 0) is 43.7 Å². The second-order valence-electron chi connectivity index (χ2n) is 9.88. The number of hydrogen-bond acceptors (Lipinski definition) is 7. The zero-order chi connectivity index (χ0) is 21.6. The number of hydroxylamine groups is 1. The van der Waals surface area contributed by atoms with Gasteiger partial charge in [-0.1, -0.05) is 0 Å². The summed E-state index contributed by atoms with van der Waals surface area (Å²) in [6, 6.07) is 5.82. The van der Waals surface area contributed by atoms with Gasteiger partial charge in [-0.25, -0.2) is 9.78 Å². The third kappa shape index (κ3) is 3.73. The Kier molecular flexibility index (Phi) is 5.24. The number of ether oxygens (including phenoxy) is 1. The number of nitriles is 1. The number of rotatable bonds is 4. The standard InChI is InChI=1S/C22H30N6O3/c23-13-15-2-1-5-25-20(15)26-18-3-6-27(7-4-18)21(29)31-19-16-8-14-9-17(19)12-22(10-14,11-16)28(24)30/h1-2,5,14,16-19,28H,3-4,6-12,24H2,(H,25,26). The van der Waals surface area contributed by atoms with E-state index in [0.717, 1.165) is 44.9 Å². The number of pyridine rings is 1. The van der Waals surface area contributed by atoms with Crippen LogP contribution in [0.15, 0.2) is 18.3 Å². The Balaban J connectivity index is 1.16. The van der Waals surface area contributed by atoms with Crippen molar-refractivity contribution >= 4 is 11.9 Å². The van der Waals surface area contributed by atoms with E-state index in [4.69, 9.17) is 10.6 Å². The predicted octanol–water partition coefficient (Wildman–Crippen LogP) is 1.17. The number of aromatic nitrogens is 1. The summed E-state index contributed by atoms with van der Waals surface area (Å²) in [6.07, 6.45) is 7.45. The zero-order valence-electron chi connectivity index (χ0n) is 17.6. The molecule has 4 bridgehead atoms. The van der Waals surface area contributed by atoms with Crippen LogP contribution in [-0.4, -0.2) is 46.8 Å². The molecule has 0 spiro atoms. The van der Waals surface area contributed by atoms with Gasteiger partial charge >= 0.3 is 6.09 Å². The van der Waals surface area contributed by atoms with Crippen molar-refractivity contribution in [2.75, 3.05) is 18.4 Å². The van der Waals surface area contributed by atoms with E-state index < -0.39 is 0 Å². The SMILES string of the molecule is N#Cc1cccnc1NC1CCN(C(=O)OC2C3CC4CC2CC([NH+](N)[O-])(C4)C3)CC1. The van der Waals surface area contributed by atoms with Gasteiger partial charge in [0.25, 0.3) is 0 Å². The monoisotopic (exact) mass is 426 g/mol. The van der Waals surface area contributed by atoms with Crippen molar-refractivity contribution < 1.29 is 14.7 Å². The summed E-state index contributed by atoms with van der Waals surface area (Å²) >= 11 is 0. The molecule has 2 heterocycles. The molecule has 3 unspecified atom stereocenters. The van der Waals surface area contributed by atoms with E-state index in [0.29, 0.717) is 30.4 Å². The third-order valence-corrected chi connectivity index (χ3v) is 7.97. The van der Waals surface area contributed by atoms with E-state index in [1.807, 2.05) is 0 Å². The predicted molar refractivity (Wildman–Crippen MR) is 112 cm³/mol. The Hall–Kier alpha value is -2.41. The second kappa shape index (κ2) is 7.93. The maximum Gasteiger partial charge on any atom is 0.410 e. The lowest BCUT2D eigenvalue weighted by Crippen LogP contribution is -3.22. The number of carbonyl (C=O) groups is 1. The number of likely N-dealkylation sites (tertiary alicyclic amines) is 1. The Bertz CT molecular complexity index is 862. The van der Waals surface area contributed by atoms with E-state index in [1.54, 1.807) is 23.2 Å². The molecule has 5 fully saturated rings. The van der Waals surface area contributed by atoms with Crippen molar-refractivity contribution in [1.29, 1.82) is 5.26 Å². The van der Waals surface area contributed by atoms with E-state index in [9.17, 15) is 15.3 Å². The van der Waals surface area contributed by atoms with Crippen molar-refractivity contribution in [2.24, 2.45) is 23.6 Å². The first kappa shape index (κ1) is 20.5. The van der Waals surface area contributed by atoms with Crippen molar-refractivity contribution in [1.82, 2.24) is 9.88 Å². The lowest BCUT2D eigenvalue weighted by molar-refractivity contribution is -0.924. The van der Waals surface area contributed by atoms with Crippen LogP contribution in [0.4, 0.5) is 10.6 Å². The Morgan fingerprint density at radius 3 is 2.68 bits per heavy atom. The first-order valence-corrected chi connectivity index (χ1v) is 11.3. The van der Waals surface area contributed by atoms with E-state index in [2.05, 4.69) is 16.4 Å². The lowest BCUT2D eigenvalue weighted by Gasteiger charge is -2.60. The first-order chi connectivity index (χ1) is 15.0. The minimum absolute atomic E-state index is 0.0842. The van der Waals surface area contributed by atoms with Gasteiger partial charge in [0.15, 0.2) is 0 Å². The fraction of sp³-hybridized carbons (Fsp3) is 0.682. The molecule has 6 rings (SSSR count). The highest BCUT2D eigenvalue weighted by Gasteiger charge is 2.60. The number of nitrogens with one attached hydrogen (secondary N) is 2. The summed E-state index contributed by atoms with van der Waals surface area (Å²) in [5, 5.41) is 24.5. The topological polar surface area (TPSA) is 132 Å². The van der Waals surface area contributed by atoms with E-state index >= 15 is 0 Å². The van der Waals surface area contributed by atoms with Crippen LogP contribution in [-0.2, 0) is 4.74 Å². The number of amides is 1. The van der Waals surface area contributed by atoms with Crippen LogP contribution >= 0.6 is 0 Å². The molecular formula is C22H30N6O3. The summed E-state index contributed by atoms with van der Waals surface area (Å²) in [5.74, 6) is 7.43. The minimum atomic E-state index is -0.364. The smallest absolute Gasteiger partial charge is 0.410 e. The van der Waals surface area contributed by atoms with Crippen molar-refractivity contribution in [3.8, 4) is 6.07 Å². The highest BCUT2D eigenvalue weighted by molar-refractivity contribution is 5.68. The fourth-order valence-corrected chi connectivity index (χ4v) is 6.67. The maximum absolute atomic E-state index is 12.9. The zero-order valence-corrected chi connectivity index (χ0v) is 17.6. The van der Waals surface area contributed by atoms with Gasteiger partial charge in [0.1, 0.15) is 23.5 Å². The average molecular weight is 427 g/mol. The van der Waals surface area contributed by atoms with Gasteiger partial charge in [0, 0.05) is 56.4 Å². The number of nitrogens with two attached hydrogens (primary N) is 1. The minimum Gasteiger partial charge on any atom is -0.613 e. The molecule has 4 N–H and O–H groups in total. The van der Waals surface area contributed by atoms with Crippen LogP contribution in [0.25, 0.3) is 0 Å². The van der Waals surface area contributed by atoms with Gasteiger partial charge in [-0.15, -0.1) is 0 Å². The van der Waals surface area contributed by atoms with Crippen LogP contribution in [0.1, 0.15) is 50.5 Å². The first-order valence-electron chi connectivity index (χ1n) is 11.3. The molecule has 5 aliphatic rings. The molecule has 3 atom stereocenters. The fourth-order valence-electron chi connectivity index (χ4n) is 6.67. The molecule has 1 aromatic heterocycles. The number of anilines is 1. The molecule has 1 amide bonds. The second-order valence-corrected chi connectivity index (χ2v) is 9.88. The molecule has 4 aliphatic carbocycles. The van der Waals surface area contributed by atoms with Gasteiger partial charge in [-0.2, -0.15) is 11.1 Å². The highest BCUT2D eigenvalue weighted by Crippen LogP contribution is 2.55. The molecule has 1 aromatic rings. The third-order valence-electron chi connectivity index (χ3n) is 7.97. The molecule has 31 heavy (non-hydrogen) atoms. The Labute approximate surface area is 182 Å². The van der Waals surface area contributed by atoms with Crippen LogP contribution in [0, 0.1) is 34.3 Å². The van der Waals surface area contributed by atoms with Gasteiger partial charge in [0.05, 0.1) is 5.56 Å². The molecule has 1 saturated heterocycles. The van der Waals surface area contributed by atoms with Crippen LogP contribution in [0.2, 0.25) is 0 Å². The van der Waals surface area contributed by atoms with Crippen molar-refractivity contribution in [3.63, 3.8) is 0 Å². The molecule has 9 heteroatoms. The highest BCUT2D eigenvalue weighted by atomic mass is 16.6. The molecular weight excluding hydrogens is 396 g/mol. The van der Waals surface area contributed by atoms with Gasteiger partial charge < -0.3 is 20.2 Å². The number of carbonyl (C=O) groups excluding carboxylic acids is 1. The van der Waals surface area contributed by atoms with E-state index in [1.165, 1.54) is 0 Å². The van der Waals surface area contributed by atoms with Crippen LogP contribution in [0.3, 0.4) is 0 Å². The maximum atomic E-state index is 12.9. The van der Waals surface area contributed by atoms with E-state index in [-0.39, 0.29) is 40.8 Å². The largest absolute Gasteiger partial charge is 0.613 e. The average Bonchev–Trinajstić information content (AvgIpc) is 2.76. The lowest BCUT2D eigenvalue weighted by atomic mass is 9.52. The summed E-state index contributed by atoms with van der Waals surface area (Å²) in [4.78, 5) is 19.0. The van der Waals surface area contributed by atoms with Crippen molar-refractivity contribution in [2.45, 2.75) is 62.6 Å². The summed E-state index contributed by atoms with van der Waals surface area (Å²) in [6.45, 7) is 1.22. The molecule has 4 saturated carbocycles. The molecule has 166 valence electrons.